The smallest absolute Gasteiger partial charge is 0.0657 e. The first-order valence-electron chi connectivity index (χ1n) is 14.1. The first-order chi connectivity index (χ1) is 14.9. The van der Waals surface area contributed by atoms with Crippen molar-refractivity contribution in [2.45, 2.75) is 136 Å². The van der Waals surface area contributed by atoms with Crippen LogP contribution in [0.3, 0.4) is 0 Å². The maximum Gasteiger partial charge on any atom is 0.0657 e. The van der Waals surface area contributed by atoms with Crippen molar-refractivity contribution >= 4 is 0 Å². The quantitative estimate of drug-likeness (QED) is 0.395. The topological polar surface area (TPSA) is 40.5 Å². The van der Waals surface area contributed by atoms with Crippen molar-refractivity contribution < 1.29 is 10.2 Å². The Labute approximate surface area is 198 Å². The van der Waals surface area contributed by atoms with Gasteiger partial charge in [0, 0.05) is 0 Å². The van der Waals surface area contributed by atoms with Crippen molar-refractivity contribution in [3.63, 3.8) is 0 Å². The van der Waals surface area contributed by atoms with E-state index in [2.05, 4.69) is 40.7 Å². The summed E-state index contributed by atoms with van der Waals surface area (Å²) in [4.78, 5) is 0. The molecular formula is C30H52O2. The van der Waals surface area contributed by atoms with Crippen molar-refractivity contribution in [2.24, 2.45) is 40.4 Å². The second-order valence-electron chi connectivity index (χ2n) is 13.8. The summed E-state index contributed by atoms with van der Waals surface area (Å²) < 4.78 is 0. The molecule has 0 aromatic heterocycles. The minimum Gasteiger partial charge on any atom is -0.390 e. The zero-order valence-electron chi connectivity index (χ0n) is 22.1. The number of hydrogen-bond acceptors (Lipinski definition) is 2. The van der Waals surface area contributed by atoms with Crippen LogP contribution in [0.1, 0.15) is 125 Å². The maximum absolute atomic E-state index is 10.8. The standard InChI is InChI=1S/C30H52O2/c1-7-8-15-27(3,31)16-13-21(2)24-11-12-25-23-10-9-22-20-28(4,32)18-19-29(22,5)26(23)14-17-30(24,25)6/h9,21,23-26,31-32H,7-8,10-20H2,1-6H3/t21-,23+,24-,25+,26?,27?,28+,29+,30-/m1/s1. The molecule has 4 aliphatic carbocycles. The zero-order chi connectivity index (χ0) is 23.4. The lowest BCUT2D eigenvalue weighted by atomic mass is 9.46. The number of unbranched alkanes of at least 4 members (excludes halogenated alkanes) is 1. The molecule has 4 aliphatic rings. The molecule has 2 nitrogen and oxygen atoms in total. The van der Waals surface area contributed by atoms with Crippen molar-refractivity contribution in [3.8, 4) is 0 Å². The van der Waals surface area contributed by atoms with E-state index < -0.39 is 11.2 Å². The van der Waals surface area contributed by atoms with Gasteiger partial charge in [0.25, 0.3) is 0 Å². The molecule has 0 saturated heterocycles. The maximum atomic E-state index is 10.8. The van der Waals surface area contributed by atoms with E-state index in [0.29, 0.717) is 16.7 Å². The van der Waals surface area contributed by atoms with E-state index in [0.717, 1.165) is 55.8 Å². The van der Waals surface area contributed by atoms with Gasteiger partial charge in [-0.25, -0.2) is 0 Å². The van der Waals surface area contributed by atoms with Crippen molar-refractivity contribution in [3.05, 3.63) is 11.6 Å². The Morgan fingerprint density at radius 1 is 1.06 bits per heavy atom. The van der Waals surface area contributed by atoms with Gasteiger partial charge in [0.15, 0.2) is 0 Å². The number of hydrogen-bond donors (Lipinski definition) is 2. The molecule has 184 valence electrons. The van der Waals surface area contributed by atoms with Gasteiger partial charge < -0.3 is 10.2 Å². The molecule has 4 rings (SSSR count). The van der Waals surface area contributed by atoms with Crippen LogP contribution in [0.15, 0.2) is 11.6 Å². The molecule has 2 unspecified atom stereocenters. The van der Waals surface area contributed by atoms with Gasteiger partial charge in [0.1, 0.15) is 0 Å². The molecule has 3 saturated carbocycles. The predicted octanol–water partition coefficient (Wildman–Crippen LogP) is 7.67. The number of fused-ring (bicyclic) bond motifs is 5. The van der Waals surface area contributed by atoms with Crippen molar-refractivity contribution in [2.75, 3.05) is 0 Å². The number of rotatable bonds is 7. The van der Waals surface area contributed by atoms with E-state index in [4.69, 9.17) is 0 Å². The second-order valence-corrected chi connectivity index (χ2v) is 13.8. The van der Waals surface area contributed by atoms with Crippen molar-refractivity contribution in [1.82, 2.24) is 0 Å². The van der Waals surface area contributed by atoms with Gasteiger partial charge in [-0.15, -0.1) is 0 Å². The summed E-state index contributed by atoms with van der Waals surface area (Å²) in [5.41, 5.74) is 1.41. The van der Waals surface area contributed by atoms with Gasteiger partial charge in [0.05, 0.1) is 11.2 Å². The van der Waals surface area contributed by atoms with Crippen LogP contribution in [0.25, 0.3) is 0 Å². The fourth-order valence-corrected chi connectivity index (χ4v) is 9.20. The minimum atomic E-state index is -0.492. The lowest BCUT2D eigenvalue weighted by Gasteiger charge is -2.59. The van der Waals surface area contributed by atoms with Gasteiger partial charge in [-0.2, -0.15) is 0 Å². The lowest BCUT2D eigenvalue weighted by Crippen LogP contribution is -2.52. The third-order valence-corrected chi connectivity index (χ3v) is 11.3. The molecule has 0 aliphatic heterocycles. The van der Waals surface area contributed by atoms with Gasteiger partial charge >= 0.3 is 0 Å². The van der Waals surface area contributed by atoms with Crippen LogP contribution in [0.4, 0.5) is 0 Å². The van der Waals surface area contributed by atoms with Crippen molar-refractivity contribution in [1.29, 1.82) is 0 Å². The highest BCUT2D eigenvalue weighted by atomic mass is 16.3. The highest BCUT2D eigenvalue weighted by molar-refractivity contribution is 5.26. The van der Waals surface area contributed by atoms with Crippen LogP contribution < -0.4 is 0 Å². The summed E-state index contributed by atoms with van der Waals surface area (Å²) in [7, 11) is 0. The molecule has 0 amide bonds. The molecule has 32 heavy (non-hydrogen) atoms. The normalized spacial score (nSPS) is 46.4. The molecule has 9 atom stereocenters. The summed E-state index contributed by atoms with van der Waals surface area (Å²) in [6.45, 7) is 14.0. The molecular weight excluding hydrogens is 392 g/mol. The highest BCUT2D eigenvalue weighted by Gasteiger charge is 2.59. The van der Waals surface area contributed by atoms with Crippen LogP contribution >= 0.6 is 0 Å². The Hall–Kier alpha value is -0.340. The Balaban J connectivity index is 1.45. The van der Waals surface area contributed by atoms with E-state index in [1.165, 1.54) is 51.4 Å². The highest BCUT2D eigenvalue weighted by Crippen LogP contribution is 2.67. The summed E-state index contributed by atoms with van der Waals surface area (Å²) in [6, 6.07) is 0. The number of aliphatic hydroxyl groups is 2. The predicted molar refractivity (Wildman–Crippen MR) is 134 cm³/mol. The van der Waals surface area contributed by atoms with E-state index in [1.807, 2.05) is 6.92 Å². The average molecular weight is 445 g/mol. The first-order valence-corrected chi connectivity index (χ1v) is 14.1. The van der Waals surface area contributed by atoms with Crippen LogP contribution in [0.5, 0.6) is 0 Å². The molecule has 2 heteroatoms. The molecule has 0 bridgehead atoms. The van der Waals surface area contributed by atoms with Crippen LogP contribution in [0.2, 0.25) is 0 Å². The fraction of sp³-hybridized carbons (Fsp3) is 0.933. The number of allylic oxidation sites excluding steroid dienone is 1. The van der Waals surface area contributed by atoms with E-state index >= 15 is 0 Å². The summed E-state index contributed by atoms with van der Waals surface area (Å²) >= 11 is 0. The van der Waals surface area contributed by atoms with Crippen LogP contribution in [-0.2, 0) is 0 Å². The third-order valence-electron chi connectivity index (χ3n) is 11.3. The fourth-order valence-electron chi connectivity index (χ4n) is 9.20. The Kier molecular flexibility index (Phi) is 6.74. The minimum absolute atomic E-state index is 0.328. The molecule has 0 heterocycles. The first kappa shape index (κ1) is 24.8. The molecule has 0 aromatic carbocycles. The zero-order valence-corrected chi connectivity index (χ0v) is 22.1. The third kappa shape index (κ3) is 4.37. The van der Waals surface area contributed by atoms with Crippen LogP contribution in [-0.4, -0.2) is 21.4 Å². The lowest BCUT2D eigenvalue weighted by molar-refractivity contribution is -0.0715. The summed E-state index contributed by atoms with van der Waals surface area (Å²) in [6.07, 6.45) is 17.8. The Morgan fingerprint density at radius 2 is 1.81 bits per heavy atom. The molecule has 0 aromatic rings. The largest absolute Gasteiger partial charge is 0.390 e. The Morgan fingerprint density at radius 3 is 2.53 bits per heavy atom. The monoisotopic (exact) mass is 444 g/mol. The average Bonchev–Trinajstić information content (AvgIpc) is 3.08. The van der Waals surface area contributed by atoms with Gasteiger partial charge in [-0.1, -0.05) is 52.2 Å². The van der Waals surface area contributed by atoms with Gasteiger partial charge in [0.2, 0.25) is 0 Å². The van der Waals surface area contributed by atoms with Crippen LogP contribution in [0, 0.1) is 40.4 Å². The Bertz CT molecular complexity index is 706. The molecule has 0 spiro atoms. The SMILES string of the molecule is CCCCC(C)(O)CC[C@@H](C)[C@H]1CC[C@H]2[C@@H]3CC=C4C[C@@](C)(O)CC[C@]4(C)C3CC[C@]12C. The van der Waals surface area contributed by atoms with E-state index in [1.54, 1.807) is 5.57 Å². The molecule has 2 N–H and O–H groups in total. The summed E-state index contributed by atoms with van der Waals surface area (Å²) in [5.74, 6) is 4.06. The van der Waals surface area contributed by atoms with E-state index in [9.17, 15) is 10.2 Å². The summed E-state index contributed by atoms with van der Waals surface area (Å²) in [5, 5.41) is 21.5. The van der Waals surface area contributed by atoms with Gasteiger partial charge in [-0.05, 0) is 125 Å². The second kappa shape index (κ2) is 8.71. The van der Waals surface area contributed by atoms with E-state index in [-0.39, 0.29) is 0 Å². The molecule has 3 fully saturated rings. The van der Waals surface area contributed by atoms with Gasteiger partial charge in [-0.3, -0.25) is 0 Å². The molecule has 0 radical (unpaired) electrons.